The van der Waals surface area contributed by atoms with Crippen molar-refractivity contribution in [1.82, 2.24) is 0 Å². The van der Waals surface area contributed by atoms with E-state index in [0.29, 0.717) is 28.4 Å². The van der Waals surface area contributed by atoms with Crippen LogP contribution in [0.25, 0.3) is 6.08 Å². The summed E-state index contributed by atoms with van der Waals surface area (Å²) in [5.41, 5.74) is 1.25. The van der Waals surface area contributed by atoms with Gasteiger partial charge in [-0.2, -0.15) is 0 Å². The zero-order valence-corrected chi connectivity index (χ0v) is 13.7. The minimum absolute atomic E-state index is 0.109. The molecule has 0 aromatic heterocycles. The smallest absolute Gasteiger partial charge is 0.363 e. The number of rotatable bonds is 3. The summed E-state index contributed by atoms with van der Waals surface area (Å²) < 4.78 is 21.0. The molecule has 130 valence electrons. The summed E-state index contributed by atoms with van der Waals surface area (Å²) >= 11 is 0. The molecule has 2 aromatic rings. The maximum absolute atomic E-state index is 12.2. The molecular formula is C19H13NO6. The number of aliphatic imine (C=N–C) groups is 1. The van der Waals surface area contributed by atoms with Crippen LogP contribution in [0.1, 0.15) is 18.1 Å². The fourth-order valence-corrected chi connectivity index (χ4v) is 2.56. The van der Waals surface area contributed by atoms with Crippen molar-refractivity contribution in [2.45, 2.75) is 6.92 Å². The number of hydrogen-bond acceptors (Lipinski definition) is 7. The summed E-state index contributed by atoms with van der Waals surface area (Å²) in [6.45, 7) is 1.47. The molecular weight excluding hydrogens is 338 g/mol. The second-order valence-corrected chi connectivity index (χ2v) is 5.54. The van der Waals surface area contributed by atoms with Crippen LogP contribution in [0.5, 0.6) is 17.2 Å². The number of para-hydroxylation sites is 1. The zero-order chi connectivity index (χ0) is 18.1. The highest BCUT2D eigenvalue weighted by Crippen LogP contribution is 2.33. The Balaban J connectivity index is 1.67. The average Bonchev–Trinajstić information content (AvgIpc) is 3.22. The summed E-state index contributed by atoms with van der Waals surface area (Å²) in [5.74, 6) is 0.671. The first kappa shape index (κ1) is 15.9. The van der Waals surface area contributed by atoms with Gasteiger partial charge in [-0.1, -0.05) is 18.2 Å². The molecule has 0 saturated carbocycles. The third-order valence-corrected chi connectivity index (χ3v) is 3.70. The van der Waals surface area contributed by atoms with Gasteiger partial charge in [0.15, 0.2) is 17.2 Å². The number of cyclic esters (lactones) is 1. The minimum atomic E-state index is -0.588. The van der Waals surface area contributed by atoms with E-state index in [9.17, 15) is 9.59 Å². The number of esters is 2. The van der Waals surface area contributed by atoms with Gasteiger partial charge in [-0.3, -0.25) is 4.79 Å². The summed E-state index contributed by atoms with van der Waals surface area (Å²) in [5, 5.41) is 0. The fraction of sp³-hybridized carbons (Fsp3) is 0.105. The Bertz CT molecular complexity index is 976. The molecule has 7 nitrogen and oxygen atoms in total. The molecule has 7 heteroatoms. The van der Waals surface area contributed by atoms with Gasteiger partial charge in [0.2, 0.25) is 12.7 Å². The van der Waals surface area contributed by atoms with E-state index in [2.05, 4.69) is 4.99 Å². The molecule has 0 aliphatic carbocycles. The van der Waals surface area contributed by atoms with Gasteiger partial charge in [0, 0.05) is 18.1 Å². The Morgan fingerprint density at radius 3 is 2.81 bits per heavy atom. The monoisotopic (exact) mass is 351 g/mol. The average molecular weight is 351 g/mol. The molecule has 26 heavy (non-hydrogen) atoms. The van der Waals surface area contributed by atoms with E-state index >= 15 is 0 Å². The maximum Gasteiger partial charge on any atom is 0.363 e. The lowest BCUT2D eigenvalue weighted by atomic mass is 10.1. The van der Waals surface area contributed by atoms with Crippen LogP contribution in [0.3, 0.4) is 0 Å². The summed E-state index contributed by atoms with van der Waals surface area (Å²) in [7, 11) is 0. The van der Waals surface area contributed by atoms with Crippen LogP contribution < -0.4 is 14.2 Å². The van der Waals surface area contributed by atoms with E-state index in [4.69, 9.17) is 18.9 Å². The van der Waals surface area contributed by atoms with Gasteiger partial charge in [-0.25, -0.2) is 9.79 Å². The van der Waals surface area contributed by atoms with Gasteiger partial charge < -0.3 is 18.9 Å². The fourth-order valence-electron chi connectivity index (χ4n) is 2.56. The SMILES string of the molecule is CC(=O)Oc1ccccc1/C=C1/N=C(c2ccc3c(c2)OCO3)OC1=O. The van der Waals surface area contributed by atoms with Crippen molar-refractivity contribution >= 4 is 23.9 Å². The molecule has 0 radical (unpaired) electrons. The van der Waals surface area contributed by atoms with E-state index in [1.165, 1.54) is 13.0 Å². The van der Waals surface area contributed by atoms with Crippen molar-refractivity contribution in [2.75, 3.05) is 6.79 Å². The van der Waals surface area contributed by atoms with Crippen molar-refractivity contribution in [1.29, 1.82) is 0 Å². The lowest BCUT2D eigenvalue weighted by molar-refractivity contribution is -0.132. The van der Waals surface area contributed by atoms with E-state index in [1.807, 2.05) is 0 Å². The third-order valence-electron chi connectivity index (χ3n) is 3.70. The first-order valence-corrected chi connectivity index (χ1v) is 7.80. The second kappa shape index (κ2) is 6.36. The molecule has 2 aliphatic heterocycles. The first-order valence-electron chi connectivity index (χ1n) is 7.80. The molecule has 4 rings (SSSR count). The van der Waals surface area contributed by atoms with E-state index < -0.39 is 11.9 Å². The third kappa shape index (κ3) is 3.02. The molecule has 0 saturated heterocycles. The molecule has 0 unspecified atom stereocenters. The van der Waals surface area contributed by atoms with E-state index in [0.717, 1.165) is 0 Å². The van der Waals surface area contributed by atoms with Crippen molar-refractivity contribution in [3.63, 3.8) is 0 Å². The minimum Gasteiger partial charge on any atom is -0.454 e. The van der Waals surface area contributed by atoms with Crippen molar-refractivity contribution in [3.8, 4) is 17.2 Å². The van der Waals surface area contributed by atoms with Crippen LogP contribution in [0.2, 0.25) is 0 Å². The molecule has 2 aromatic carbocycles. The molecule has 0 N–H and O–H groups in total. The largest absolute Gasteiger partial charge is 0.454 e. The molecule has 0 atom stereocenters. The van der Waals surface area contributed by atoms with Gasteiger partial charge in [-0.05, 0) is 30.3 Å². The van der Waals surface area contributed by atoms with E-state index in [-0.39, 0.29) is 18.4 Å². The lowest BCUT2D eigenvalue weighted by Gasteiger charge is -2.04. The van der Waals surface area contributed by atoms with Crippen LogP contribution in [-0.4, -0.2) is 24.6 Å². The van der Waals surface area contributed by atoms with Crippen LogP contribution in [0.15, 0.2) is 53.2 Å². The highest BCUT2D eigenvalue weighted by atomic mass is 16.7. The van der Waals surface area contributed by atoms with Crippen molar-refractivity contribution in [3.05, 3.63) is 59.3 Å². The Hall–Kier alpha value is -3.61. The van der Waals surface area contributed by atoms with Crippen molar-refractivity contribution in [2.24, 2.45) is 4.99 Å². The molecule has 0 spiro atoms. The van der Waals surface area contributed by atoms with Gasteiger partial charge in [0.25, 0.3) is 0 Å². The Labute approximate surface area is 148 Å². The molecule has 2 aliphatic rings. The Kier molecular flexibility index (Phi) is 3.89. The topological polar surface area (TPSA) is 83.4 Å². The molecule has 0 amide bonds. The highest BCUT2D eigenvalue weighted by Gasteiger charge is 2.26. The quantitative estimate of drug-likeness (QED) is 0.480. The predicted molar refractivity (Wildman–Crippen MR) is 90.9 cm³/mol. The second-order valence-electron chi connectivity index (χ2n) is 5.54. The predicted octanol–water partition coefficient (Wildman–Crippen LogP) is 2.69. The summed E-state index contributed by atoms with van der Waals surface area (Å²) in [6.07, 6.45) is 1.51. The molecule has 2 heterocycles. The number of hydrogen-bond donors (Lipinski definition) is 0. The van der Waals surface area contributed by atoms with Crippen LogP contribution in [0, 0.1) is 0 Å². The highest BCUT2D eigenvalue weighted by molar-refractivity contribution is 6.13. The normalized spacial score (nSPS) is 16.4. The number of carbonyl (C=O) groups is 2. The van der Waals surface area contributed by atoms with Crippen LogP contribution >= 0.6 is 0 Å². The number of carbonyl (C=O) groups excluding carboxylic acids is 2. The number of fused-ring (bicyclic) bond motifs is 1. The van der Waals surface area contributed by atoms with Crippen LogP contribution in [0.4, 0.5) is 0 Å². The number of ether oxygens (including phenoxy) is 4. The van der Waals surface area contributed by atoms with Crippen molar-refractivity contribution < 1.29 is 28.5 Å². The van der Waals surface area contributed by atoms with E-state index in [1.54, 1.807) is 42.5 Å². The van der Waals surface area contributed by atoms with Gasteiger partial charge in [0.1, 0.15) is 5.75 Å². The first-order chi connectivity index (χ1) is 12.6. The zero-order valence-electron chi connectivity index (χ0n) is 13.7. The molecule has 0 bridgehead atoms. The summed E-state index contributed by atoms with van der Waals surface area (Å²) in [4.78, 5) is 27.6. The lowest BCUT2D eigenvalue weighted by Crippen LogP contribution is -2.05. The Morgan fingerprint density at radius 1 is 1.15 bits per heavy atom. The standard InChI is InChI=1S/C19H13NO6/c1-11(21)25-15-5-3-2-4-12(15)8-14-19(22)26-18(20-14)13-6-7-16-17(9-13)24-10-23-16/h2-9H,10H2,1H3/b14-8+. The Morgan fingerprint density at radius 2 is 1.96 bits per heavy atom. The van der Waals surface area contributed by atoms with Gasteiger partial charge in [0.05, 0.1) is 0 Å². The number of nitrogens with zero attached hydrogens (tertiary/aromatic N) is 1. The van der Waals surface area contributed by atoms with Crippen LogP contribution in [-0.2, 0) is 14.3 Å². The summed E-state index contributed by atoms with van der Waals surface area (Å²) in [6, 6.07) is 12.0. The maximum atomic E-state index is 12.2. The van der Waals surface area contributed by atoms with Gasteiger partial charge >= 0.3 is 11.9 Å². The number of benzene rings is 2. The van der Waals surface area contributed by atoms with Gasteiger partial charge in [-0.15, -0.1) is 0 Å². The molecule has 0 fully saturated rings.